The Bertz CT molecular complexity index is 551. The third-order valence-corrected chi connectivity index (χ3v) is 3.35. The Labute approximate surface area is 102 Å². The van der Waals surface area contributed by atoms with Crippen LogP contribution in [-0.2, 0) is 0 Å². The first-order valence-electron chi connectivity index (χ1n) is 5.44. The SMILES string of the molecule is OCC1(CNc2nc(Cl)nc3nc[nH]c23)CC1. The summed E-state index contributed by atoms with van der Waals surface area (Å²) in [6.45, 7) is 0.885. The van der Waals surface area contributed by atoms with Crippen molar-refractivity contribution in [2.45, 2.75) is 12.8 Å². The Morgan fingerprint density at radius 3 is 3.00 bits per heavy atom. The van der Waals surface area contributed by atoms with Gasteiger partial charge in [0.1, 0.15) is 5.52 Å². The van der Waals surface area contributed by atoms with Gasteiger partial charge in [-0.05, 0) is 24.4 Å². The van der Waals surface area contributed by atoms with E-state index in [0.29, 0.717) is 18.0 Å². The molecule has 2 aromatic rings. The molecular formula is C10H12ClN5O. The molecule has 7 heteroatoms. The summed E-state index contributed by atoms with van der Waals surface area (Å²) in [6, 6.07) is 0. The molecule has 17 heavy (non-hydrogen) atoms. The van der Waals surface area contributed by atoms with Crippen molar-refractivity contribution in [1.82, 2.24) is 19.9 Å². The predicted octanol–water partition coefficient (Wildman–Crippen LogP) is 1.19. The minimum Gasteiger partial charge on any atom is -0.396 e. The maximum absolute atomic E-state index is 9.24. The summed E-state index contributed by atoms with van der Waals surface area (Å²) in [5, 5.41) is 12.6. The highest BCUT2D eigenvalue weighted by atomic mass is 35.5. The van der Waals surface area contributed by atoms with E-state index in [2.05, 4.69) is 25.3 Å². The van der Waals surface area contributed by atoms with E-state index < -0.39 is 0 Å². The van der Waals surface area contributed by atoms with Crippen LogP contribution in [0.2, 0.25) is 5.28 Å². The van der Waals surface area contributed by atoms with E-state index in [1.54, 1.807) is 6.33 Å². The summed E-state index contributed by atoms with van der Waals surface area (Å²) in [5.74, 6) is 0.636. The highest BCUT2D eigenvalue weighted by molar-refractivity contribution is 6.28. The van der Waals surface area contributed by atoms with Gasteiger partial charge in [-0.3, -0.25) is 0 Å². The van der Waals surface area contributed by atoms with E-state index >= 15 is 0 Å². The molecule has 0 radical (unpaired) electrons. The fourth-order valence-electron chi connectivity index (χ4n) is 1.77. The third-order valence-electron chi connectivity index (χ3n) is 3.18. The van der Waals surface area contributed by atoms with Crippen molar-refractivity contribution in [2.75, 3.05) is 18.5 Å². The predicted molar refractivity (Wildman–Crippen MR) is 63.9 cm³/mol. The van der Waals surface area contributed by atoms with Crippen LogP contribution in [0.4, 0.5) is 5.82 Å². The number of H-pyrrole nitrogens is 1. The number of hydrogen-bond acceptors (Lipinski definition) is 5. The van der Waals surface area contributed by atoms with Crippen LogP contribution in [0.5, 0.6) is 0 Å². The van der Waals surface area contributed by atoms with Gasteiger partial charge >= 0.3 is 0 Å². The van der Waals surface area contributed by atoms with Gasteiger partial charge in [-0.1, -0.05) is 0 Å². The number of rotatable bonds is 4. The van der Waals surface area contributed by atoms with E-state index in [4.69, 9.17) is 11.6 Å². The van der Waals surface area contributed by atoms with Crippen LogP contribution >= 0.6 is 11.6 Å². The maximum atomic E-state index is 9.24. The molecule has 1 aliphatic carbocycles. The summed E-state index contributed by atoms with van der Waals surface area (Å²) in [6.07, 6.45) is 3.64. The standard InChI is InChI=1S/C10H12ClN5O/c11-9-15-7(6-8(16-9)14-5-13-6)12-3-10(4-17)1-2-10/h5,17H,1-4H2,(H2,12,13,14,15,16). The van der Waals surface area contributed by atoms with Gasteiger partial charge in [0.05, 0.1) is 12.9 Å². The highest BCUT2D eigenvalue weighted by Gasteiger charge is 2.41. The van der Waals surface area contributed by atoms with E-state index in [1.165, 1.54) is 0 Å². The number of aromatic nitrogens is 4. The number of imidazole rings is 1. The number of aliphatic hydroxyl groups is 1. The van der Waals surface area contributed by atoms with Crippen molar-refractivity contribution >= 4 is 28.6 Å². The second kappa shape index (κ2) is 3.82. The Balaban J connectivity index is 1.86. The number of fused-ring (bicyclic) bond motifs is 1. The first-order valence-corrected chi connectivity index (χ1v) is 5.82. The van der Waals surface area contributed by atoms with Crippen LogP contribution in [0, 0.1) is 5.41 Å². The first kappa shape index (κ1) is 10.7. The molecule has 0 saturated heterocycles. The van der Waals surface area contributed by atoms with E-state index in [9.17, 15) is 5.11 Å². The number of anilines is 1. The molecule has 6 nitrogen and oxygen atoms in total. The summed E-state index contributed by atoms with van der Waals surface area (Å²) in [5.41, 5.74) is 1.30. The maximum Gasteiger partial charge on any atom is 0.226 e. The fraction of sp³-hybridized carbons (Fsp3) is 0.500. The van der Waals surface area contributed by atoms with Gasteiger partial charge < -0.3 is 15.4 Å². The Hall–Kier alpha value is -1.40. The molecule has 0 spiro atoms. The lowest BCUT2D eigenvalue weighted by atomic mass is 10.1. The highest BCUT2D eigenvalue weighted by Crippen LogP contribution is 2.45. The minimum absolute atomic E-state index is 0.0176. The summed E-state index contributed by atoms with van der Waals surface area (Å²) in [4.78, 5) is 15.1. The van der Waals surface area contributed by atoms with Crippen molar-refractivity contribution in [2.24, 2.45) is 5.41 Å². The number of aromatic amines is 1. The quantitative estimate of drug-likeness (QED) is 0.713. The van der Waals surface area contributed by atoms with Crippen molar-refractivity contribution < 1.29 is 5.11 Å². The van der Waals surface area contributed by atoms with Crippen LogP contribution in [0.3, 0.4) is 0 Å². The molecule has 2 heterocycles. The number of nitrogens with zero attached hydrogens (tertiary/aromatic N) is 3. The largest absolute Gasteiger partial charge is 0.396 e. The molecule has 0 aromatic carbocycles. The van der Waals surface area contributed by atoms with Crippen LogP contribution in [0.1, 0.15) is 12.8 Å². The zero-order valence-electron chi connectivity index (χ0n) is 9.07. The van der Waals surface area contributed by atoms with Gasteiger partial charge in [0, 0.05) is 12.0 Å². The fourth-order valence-corrected chi connectivity index (χ4v) is 1.94. The monoisotopic (exact) mass is 253 g/mol. The van der Waals surface area contributed by atoms with Crippen molar-refractivity contribution in [3.63, 3.8) is 0 Å². The second-order valence-corrected chi connectivity index (χ2v) is 4.79. The first-order chi connectivity index (χ1) is 8.22. The van der Waals surface area contributed by atoms with Crippen molar-refractivity contribution in [3.8, 4) is 0 Å². The van der Waals surface area contributed by atoms with E-state index in [0.717, 1.165) is 18.4 Å². The minimum atomic E-state index is 0.0176. The van der Waals surface area contributed by atoms with Crippen molar-refractivity contribution in [3.05, 3.63) is 11.6 Å². The molecule has 1 aliphatic rings. The summed E-state index contributed by atoms with van der Waals surface area (Å²) in [7, 11) is 0. The normalized spacial score (nSPS) is 17.3. The van der Waals surface area contributed by atoms with E-state index in [1.807, 2.05) is 0 Å². The molecule has 0 atom stereocenters. The molecule has 0 bridgehead atoms. The van der Waals surface area contributed by atoms with E-state index in [-0.39, 0.29) is 17.3 Å². The van der Waals surface area contributed by atoms with Crippen molar-refractivity contribution in [1.29, 1.82) is 0 Å². The van der Waals surface area contributed by atoms with Gasteiger partial charge in [-0.25, -0.2) is 4.98 Å². The van der Waals surface area contributed by atoms with Gasteiger partial charge in [0.15, 0.2) is 11.5 Å². The Morgan fingerprint density at radius 1 is 1.47 bits per heavy atom. The summed E-state index contributed by atoms with van der Waals surface area (Å²) >= 11 is 5.81. The molecule has 3 N–H and O–H groups in total. The zero-order chi connectivity index (χ0) is 11.9. The number of hydrogen-bond donors (Lipinski definition) is 3. The molecule has 0 unspecified atom stereocenters. The molecular weight excluding hydrogens is 242 g/mol. The second-order valence-electron chi connectivity index (χ2n) is 4.45. The molecule has 0 amide bonds. The average Bonchev–Trinajstić information content (AvgIpc) is 2.96. The topological polar surface area (TPSA) is 86.7 Å². The number of aliphatic hydroxyl groups excluding tert-OH is 1. The molecule has 1 fully saturated rings. The molecule has 1 saturated carbocycles. The summed E-state index contributed by atoms with van der Waals surface area (Å²) < 4.78 is 0. The molecule has 90 valence electrons. The van der Waals surface area contributed by atoms with Crippen LogP contribution in [0.15, 0.2) is 6.33 Å². The lowest BCUT2D eigenvalue weighted by molar-refractivity contribution is 0.219. The van der Waals surface area contributed by atoms with Crippen LogP contribution in [-0.4, -0.2) is 38.2 Å². The lowest BCUT2D eigenvalue weighted by Gasteiger charge is -2.13. The number of halogens is 1. The molecule has 3 rings (SSSR count). The third kappa shape index (κ3) is 1.94. The van der Waals surface area contributed by atoms with Gasteiger partial charge in [0.25, 0.3) is 0 Å². The molecule has 2 aromatic heterocycles. The smallest absolute Gasteiger partial charge is 0.226 e. The molecule has 0 aliphatic heterocycles. The lowest BCUT2D eigenvalue weighted by Crippen LogP contribution is -2.19. The average molecular weight is 254 g/mol. The van der Waals surface area contributed by atoms with Gasteiger partial charge in [0.2, 0.25) is 5.28 Å². The Morgan fingerprint density at radius 2 is 2.29 bits per heavy atom. The zero-order valence-corrected chi connectivity index (χ0v) is 9.83. The van der Waals surface area contributed by atoms with Crippen LogP contribution in [0.25, 0.3) is 11.2 Å². The van der Waals surface area contributed by atoms with Gasteiger partial charge in [-0.15, -0.1) is 0 Å². The van der Waals surface area contributed by atoms with Crippen LogP contribution < -0.4 is 5.32 Å². The number of nitrogens with one attached hydrogen (secondary N) is 2. The van der Waals surface area contributed by atoms with Gasteiger partial charge in [-0.2, -0.15) is 9.97 Å². The Kier molecular flexibility index (Phi) is 2.41.